The number of aliphatic hydroxyl groups excluding tert-OH is 1. The Morgan fingerprint density at radius 1 is 1.28 bits per heavy atom. The van der Waals surface area contributed by atoms with Crippen molar-refractivity contribution >= 4 is 11.9 Å². The number of aliphatic hydroxyl groups is 1. The molecule has 158 valence electrons. The highest BCUT2D eigenvalue weighted by atomic mass is 19.3. The van der Waals surface area contributed by atoms with Crippen LogP contribution < -0.4 is 0 Å². The summed E-state index contributed by atoms with van der Waals surface area (Å²) in [5.41, 5.74) is -0.266. The van der Waals surface area contributed by atoms with Crippen LogP contribution in [0.25, 0.3) is 0 Å². The first-order valence-corrected chi connectivity index (χ1v) is 9.78. The molecule has 1 aliphatic heterocycles. The molecule has 2 atom stereocenters. The fourth-order valence-corrected chi connectivity index (χ4v) is 3.25. The average molecular weight is 407 g/mol. The minimum absolute atomic E-state index is 0.0644. The summed E-state index contributed by atoms with van der Waals surface area (Å²) in [4.78, 5) is 24.3. The molecule has 1 aromatic carbocycles. The van der Waals surface area contributed by atoms with Gasteiger partial charge in [-0.1, -0.05) is 54.6 Å². The predicted molar refractivity (Wildman–Crippen MR) is 105 cm³/mol. The molecule has 0 radical (unpaired) electrons. The van der Waals surface area contributed by atoms with E-state index in [1.807, 2.05) is 6.08 Å². The maximum Gasteiger partial charge on any atom is 0.303 e. The lowest BCUT2D eigenvalue weighted by atomic mass is 9.98. The van der Waals surface area contributed by atoms with E-state index in [2.05, 4.69) is 0 Å². The van der Waals surface area contributed by atoms with Gasteiger partial charge < -0.3 is 15.1 Å². The second-order valence-electron chi connectivity index (χ2n) is 7.08. The highest BCUT2D eigenvalue weighted by Crippen LogP contribution is 2.32. The Labute approximate surface area is 169 Å². The van der Waals surface area contributed by atoms with Crippen molar-refractivity contribution in [3.8, 4) is 0 Å². The number of likely N-dealkylation sites (tertiary alicyclic amines) is 1. The number of aliphatic carboxylic acids is 1. The van der Waals surface area contributed by atoms with Gasteiger partial charge in [-0.2, -0.15) is 8.78 Å². The van der Waals surface area contributed by atoms with Crippen LogP contribution in [0.5, 0.6) is 0 Å². The lowest BCUT2D eigenvalue weighted by molar-refractivity contribution is -0.137. The molecule has 5 nitrogen and oxygen atoms in total. The van der Waals surface area contributed by atoms with Gasteiger partial charge in [-0.15, -0.1) is 0 Å². The van der Waals surface area contributed by atoms with Gasteiger partial charge in [0.15, 0.2) is 0 Å². The van der Waals surface area contributed by atoms with E-state index in [0.29, 0.717) is 38.6 Å². The molecule has 0 aliphatic carbocycles. The molecular formula is C22H27F2NO4. The number of hydrogen-bond donors (Lipinski definition) is 2. The number of carboxylic acid groups (broad SMARTS) is 1. The van der Waals surface area contributed by atoms with E-state index < -0.39 is 18.0 Å². The summed E-state index contributed by atoms with van der Waals surface area (Å²) in [6, 6.07) is 6.78. The zero-order valence-electron chi connectivity index (χ0n) is 16.2. The van der Waals surface area contributed by atoms with Gasteiger partial charge in [-0.05, 0) is 25.7 Å². The van der Waals surface area contributed by atoms with Crippen LogP contribution in [-0.2, 0) is 15.5 Å². The van der Waals surface area contributed by atoms with Crippen molar-refractivity contribution in [1.29, 1.82) is 0 Å². The molecule has 1 aliphatic rings. The van der Waals surface area contributed by atoms with E-state index in [-0.39, 0.29) is 23.9 Å². The topological polar surface area (TPSA) is 77.8 Å². The monoisotopic (exact) mass is 407 g/mol. The van der Waals surface area contributed by atoms with E-state index in [1.165, 1.54) is 30.3 Å². The average Bonchev–Trinajstić information content (AvgIpc) is 2.70. The molecule has 0 spiro atoms. The quantitative estimate of drug-likeness (QED) is 0.456. The number of carbonyl (C=O) groups excluding carboxylic acids is 1. The molecule has 1 saturated heterocycles. The number of alkyl halides is 2. The summed E-state index contributed by atoms with van der Waals surface area (Å²) in [5.74, 6) is -4.34. The fraction of sp³-hybridized carbons (Fsp3) is 0.455. The van der Waals surface area contributed by atoms with E-state index in [0.717, 1.165) is 6.08 Å². The zero-order valence-corrected chi connectivity index (χ0v) is 16.2. The largest absolute Gasteiger partial charge is 0.481 e. The molecule has 2 N–H and O–H groups in total. The van der Waals surface area contributed by atoms with Gasteiger partial charge in [0, 0.05) is 24.9 Å². The zero-order chi connectivity index (χ0) is 21.3. The fourth-order valence-electron chi connectivity index (χ4n) is 3.25. The molecule has 1 heterocycles. The van der Waals surface area contributed by atoms with Crippen LogP contribution >= 0.6 is 0 Å². The number of nitrogens with zero attached hydrogens (tertiary/aromatic N) is 1. The Kier molecular flexibility index (Phi) is 8.51. The third kappa shape index (κ3) is 6.78. The smallest absolute Gasteiger partial charge is 0.303 e. The van der Waals surface area contributed by atoms with E-state index >= 15 is 0 Å². The Bertz CT molecular complexity index is 734. The van der Waals surface area contributed by atoms with Crippen molar-refractivity contribution in [3.63, 3.8) is 0 Å². The van der Waals surface area contributed by atoms with Gasteiger partial charge in [0.1, 0.15) is 6.10 Å². The molecule has 1 aromatic rings. The van der Waals surface area contributed by atoms with Crippen LogP contribution in [0.4, 0.5) is 8.78 Å². The van der Waals surface area contributed by atoms with Crippen LogP contribution in [0.1, 0.15) is 44.1 Å². The third-order valence-corrected chi connectivity index (χ3v) is 4.89. The summed E-state index contributed by atoms with van der Waals surface area (Å²) in [7, 11) is 0. The molecule has 2 rings (SSSR count). The van der Waals surface area contributed by atoms with Crippen molar-refractivity contribution in [1.82, 2.24) is 4.90 Å². The summed E-state index contributed by atoms with van der Waals surface area (Å²) in [6.07, 6.45) is 7.08. The van der Waals surface area contributed by atoms with E-state index in [4.69, 9.17) is 5.11 Å². The number of unbranched alkanes of at least 4 members (excludes halogenated alkanes) is 1. The highest BCUT2D eigenvalue weighted by molar-refractivity contribution is 5.77. The number of piperidine rings is 1. The van der Waals surface area contributed by atoms with Crippen molar-refractivity contribution in [2.45, 2.75) is 56.6 Å². The first kappa shape index (κ1) is 22.7. The molecule has 0 bridgehead atoms. The van der Waals surface area contributed by atoms with Gasteiger partial charge in [0.25, 0.3) is 0 Å². The minimum atomic E-state index is -3.43. The number of carboxylic acids is 1. The highest BCUT2D eigenvalue weighted by Gasteiger charge is 2.39. The number of halogens is 2. The van der Waals surface area contributed by atoms with Gasteiger partial charge >= 0.3 is 11.9 Å². The molecule has 0 aromatic heterocycles. The second kappa shape index (κ2) is 10.9. The standard InChI is InChI=1S/C22H27F2NO4/c23-22(24,17-9-4-3-5-10-17)19(26)15-14-18-11-8-12-20(27)25(18)16-7-2-1-6-13-21(28)29/h2-5,7,9-10,14-15,18-19,26H,1,6,8,11-13,16H2,(H,28,29)/b7-2+,15-14+/t18-,19-/m1/s1. The van der Waals surface area contributed by atoms with E-state index in [9.17, 15) is 23.5 Å². The molecule has 0 unspecified atom stereocenters. The summed E-state index contributed by atoms with van der Waals surface area (Å²) in [5, 5.41) is 18.6. The van der Waals surface area contributed by atoms with Gasteiger partial charge in [0.2, 0.25) is 5.91 Å². The second-order valence-corrected chi connectivity index (χ2v) is 7.08. The van der Waals surface area contributed by atoms with Gasteiger partial charge in [0.05, 0.1) is 6.04 Å². The number of hydrogen-bond acceptors (Lipinski definition) is 3. The third-order valence-electron chi connectivity index (χ3n) is 4.89. The Balaban J connectivity index is 1.97. The van der Waals surface area contributed by atoms with Crippen LogP contribution in [0, 0.1) is 0 Å². The SMILES string of the molecule is O=C(O)CCC/C=C/CN1C(=O)CCC[C@@H]1/C=C/[C@@H](O)C(F)(F)c1ccccc1. The predicted octanol–water partition coefficient (Wildman–Crippen LogP) is 3.89. The van der Waals surface area contributed by atoms with E-state index in [1.54, 1.807) is 17.0 Å². The van der Waals surface area contributed by atoms with Crippen LogP contribution in [0.2, 0.25) is 0 Å². The minimum Gasteiger partial charge on any atom is -0.481 e. The molecule has 29 heavy (non-hydrogen) atoms. The van der Waals surface area contributed by atoms with Crippen LogP contribution in [0.3, 0.4) is 0 Å². The van der Waals surface area contributed by atoms with Crippen molar-refractivity contribution in [3.05, 3.63) is 60.2 Å². The van der Waals surface area contributed by atoms with Gasteiger partial charge in [-0.3, -0.25) is 9.59 Å². The lowest BCUT2D eigenvalue weighted by Crippen LogP contribution is -2.43. The molecule has 7 heteroatoms. The van der Waals surface area contributed by atoms with Crippen molar-refractivity contribution in [2.24, 2.45) is 0 Å². The Hall–Kier alpha value is -2.54. The first-order chi connectivity index (χ1) is 13.8. The number of benzene rings is 1. The summed E-state index contributed by atoms with van der Waals surface area (Å²) >= 11 is 0. The molecule has 0 saturated carbocycles. The maximum atomic E-state index is 14.4. The lowest BCUT2D eigenvalue weighted by Gasteiger charge is -2.33. The van der Waals surface area contributed by atoms with Crippen molar-refractivity contribution in [2.75, 3.05) is 6.54 Å². The maximum absolute atomic E-state index is 14.4. The summed E-state index contributed by atoms with van der Waals surface area (Å²) < 4.78 is 28.8. The number of rotatable bonds is 10. The molecule has 1 amide bonds. The first-order valence-electron chi connectivity index (χ1n) is 9.78. The normalized spacial score (nSPS) is 19.2. The van der Waals surface area contributed by atoms with Crippen LogP contribution in [0.15, 0.2) is 54.6 Å². The van der Waals surface area contributed by atoms with Crippen LogP contribution in [-0.4, -0.2) is 45.7 Å². The summed E-state index contributed by atoms with van der Waals surface area (Å²) in [6.45, 7) is 0.325. The number of amides is 1. The Morgan fingerprint density at radius 3 is 2.69 bits per heavy atom. The number of allylic oxidation sites excluding steroid dienone is 1. The molecule has 1 fully saturated rings. The Morgan fingerprint density at radius 2 is 2.00 bits per heavy atom. The van der Waals surface area contributed by atoms with Crippen molar-refractivity contribution < 1.29 is 28.6 Å². The molecular weight excluding hydrogens is 380 g/mol. The van der Waals surface area contributed by atoms with Gasteiger partial charge in [-0.25, -0.2) is 0 Å². The number of carbonyl (C=O) groups is 2.